The van der Waals surface area contributed by atoms with Gasteiger partial charge in [-0.2, -0.15) is 0 Å². The highest BCUT2D eigenvalue weighted by atomic mass is 32.2. The van der Waals surface area contributed by atoms with Gasteiger partial charge >= 0.3 is 0 Å². The first kappa shape index (κ1) is 17.1. The van der Waals surface area contributed by atoms with Crippen LogP contribution in [0.3, 0.4) is 0 Å². The molecule has 0 radical (unpaired) electrons. The minimum atomic E-state index is 0.553. The predicted molar refractivity (Wildman–Crippen MR) is 107 cm³/mol. The number of hydrogen-bond donors (Lipinski definition) is 0. The number of para-hydroxylation sites is 2. The van der Waals surface area contributed by atoms with E-state index < -0.39 is 0 Å². The molecule has 0 aromatic heterocycles. The lowest BCUT2D eigenvalue weighted by Crippen LogP contribution is -2.04. The number of benzene rings is 3. The van der Waals surface area contributed by atoms with Crippen LogP contribution in [0.4, 0.5) is 5.69 Å². The topological polar surface area (TPSA) is 21.6 Å². The Balaban J connectivity index is 1.78. The molecule has 0 atom stereocenters. The molecule has 0 aliphatic heterocycles. The van der Waals surface area contributed by atoms with Gasteiger partial charge in [-0.1, -0.05) is 65.9 Å². The van der Waals surface area contributed by atoms with E-state index in [4.69, 9.17) is 4.74 Å². The van der Waals surface area contributed by atoms with E-state index in [0.717, 1.165) is 11.4 Å². The maximum atomic E-state index is 5.93. The number of rotatable bonds is 5. The lowest BCUT2D eigenvalue weighted by molar-refractivity contribution is 0.556. The summed E-state index contributed by atoms with van der Waals surface area (Å²) < 4.78 is 5.93. The van der Waals surface area contributed by atoms with E-state index >= 15 is 0 Å². The number of ether oxygens (including phenoxy) is 1. The zero-order valence-electron chi connectivity index (χ0n) is 14.0. The largest absolute Gasteiger partial charge is 0.439 e. The van der Waals surface area contributed by atoms with Gasteiger partial charge in [0.05, 0.1) is 5.69 Å². The van der Waals surface area contributed by atoms with Gasteiger partial charge in [0.25, 0.3) is 0 Å². The minimum Gasteiger partial charge on any atom is -0.439 e. The monoisotopic (exact) mass is 345 g/mol. The summed E-state index contributed by atoms with van der Waals surface area (Å²) in [5, 5.41) is 2.00. The molecule has 3 heteroatoms. The third kappa shape index (κ3) is 5.66. The van der Waals surface area contributed by atoms with Crippen LogP contribution in [0.25, 0.3) is 0 Å². The van der Waals surface area contributed by atoms with Crippen LogP contribution in [-0.2, 0) is 0 Å². The van der Waals surface area contributed by atoms with Crippen LogP contribution in [0.5, 0.6) is 5.75 Å². The second kappa shape index (κ2) is 8.90. The Bertz CT molecular complexity index is 857. The first-order valence-electron chi connectivity index (χ1n) is 8.06. The van der Waals surface area contributed by atoms with Crippen molar-refractivity contribution < 1.29 is 4.74 Å². The number of aliphatic imine (C=N–C) groups is 1. The van der Waals surface area contributed by atoms with Crippen molar-refractivity contribution in [1.82, 2.24) is 0 Å². The molecule has 0 saturated heterocycles. The average Bonchev–Trinajstić information content (AvgIpc) is 2.63. The SMILES string of the molecule is Cc1cccc(SC=CC(=Nc2ccccc2)Oc2ccccc2)c1. The molecular formula is C22H19NOS. The van der Waals surface area contributed by atoms with Gasteiger partial charge in [0.2, 0.25) is 5.90 Å². The zero-order chi connectivity index (χ0) is 17.3. The first-order valence-corrected chi connectivity index (χ1v) is 8.94. The number of nitrogens with zero attached hydrogens (tertiary/aromatic N) is 1. The quantitative estimate of drug-likeness (QED) is 0.303. The summed E-state index contributed by atoms with van der Waals surface area (Å²) in [5.74, 6) is 1.32. The lowest BCUT2D eigenvalue weighted by atomic mass is 10.2. The Kier molecular flexibility index (Phi) is 6.07. The summed E-state index contributed by atoms with van der Waals surface area (Å²) in [7, 11) is 0. The Hall–Kier alpha value is -2.78. The van der Waals surface area contributed by atoms with Crippen molar-refractivity contribution in [3.05, 3.63) is 102 Å². The summed E-state index contributed by atoms with van der Waals surface area (Å²) >= 11 is 1.64. The fourth-order valence-corrected chi connectivity index (χ4v) is 2.95. The van der Waals surface area contributed by atoms with Crippen LogP contribution >= 0.6 is 11.8 Å². The fraction of sp³-hybridized carbons (Fsp3) is 0.0455. The van der Waals surface area contributed by atoms with E-state index in [9.17, 15) is 0 Å². The van der Waals surface area contributed by atoms with Gasteiger partial charge in [0.1, 0.15) is 5.75 Å². The van der Waals surface area contributed by atoms with Gasteiger partial charge in [-0.25, -0.2) is 4.99 Å². The highest BCUT2D eigenvalue weighted by molar-refractivity contribution is 8.02. The van der Waals surface area contributed by atoms with Gasteiger partial charge in [0, 0.05) is 11.0 Å². The van der Waals surface area contributed by atoms with Gasteiger partial charge in [-0.15, -0.1) is 0 Å². The molecule has 0 N–H and O–H groups in total. The van der Waals surface area contributed by atoms with Crippen molar-refractivity contribution in [2.24, 2.45) is 4.99 Å². The maximum Gasteiger partial charge on any atom is 0.220 e. The lowest BCUT2D eigenvalue weighted by Gasteiger charge is -2.05. The van der Waals surface area contributed by atoms with Crippen LogP contribution < -0.4 is 4.74 Å². The van der Waals surface area contributed by atoms with Crippen molar-refractivity contribution in [3.63, 3.8) is 0 Å². The summed E-state index contributed by atoms with van der Waals surface area (Å²) in [6, 6.07) is 27.9. The van der Waals surface area contributed by atoms with Gasteiger partial charge in [0.15, 0.2) is 0 Å². The van der Waals surface area contributed by atoms with Crippen molar-refractivity contribution in [3.8, 4) is 5.75 Å². The van der Waals surface area contributed by atoms with Crippen LogP contribution in [0, 0.1) is 6.92 Å². The molecule has 0 bridgehead atoms. The van der Waals surface area contributed by atoms with Gasteiger partial charge in [-0.05, 0) is 48.7 Å². The molecule has 3 aromatic carbocycles. The van der Waals surface area contributed by atoms with Crippen LogP contribution in [0.1, 0.15) is 5.56 Å². The molecule has 124 valence electrons. The van der Waals surface area contributed by atoms with Gasteiger partial charge < -0.3 is 4.74 Å². The Morgan fingerprint density at radius 3 is 2.32 bits per heavy atom. The van der Waals surface area contributed by atoms with E-state index in [0.29, 0.717) is 5.90 Å². The number of thioether (sulfide) groups is 1. The Labute approximate surface area is 152 Å². The summed E-state index contributed by atoms with van der Waals surface area (Å²) in [5.41, 5.74) is 2.11. The molecular weight excluding hydrogens is 326 g/mol. The molecule has 0 unspecified atom stereocenters. The Morgan fingerprint density at radius 2 is 1.60 bits per heavy atom. The van der Waals surface area contributed by atoms with Gasteiger partial charge in [-0.3, -0.25) is 0 Å². The van der Waals surface area contributed by atoms with E-state index in [1.54, 1.807) is 11.8 Å². The van der Waals surface area contributed by atoms with Crippen LogP contribution in [-0.4, -0.2) is 5.90 Å². The van der Waals surface area contributed by atoms with E-state index in [2.05, 4.69) is 36.2 Å². The molecule has 0 heterocycles. The van der Waals surface area contributed by atoms with Crippen molar-refractivity contribution in [1.29, 1.82) is 0 Å². The van der Waals surface area contributed by atoms with E-state index in [-0.39, 0.29) is 0 Å². The average molecular weight is 345 g/mol. The highest BCUT2D eigenvalue weighted by Gasteiger charge is 2.00. The molecule has 0 aliphatic rings. The molecule has 0 saturated carbocycles. The van der Waals surface area contributed by atoms with Crippen molar-refractivity contribution in [2.45, 2.75) is 11.8 Å². The van der Waals surface area contributed by atoms with Crippen LogP contribution in [0.15, 0.2) is 106 Å². The van der Waals surface area contributed by atoms with Crippen LogP contribution in [0.2, 0.25) is 0 Å². The molecule has 0 spiro atoms. The van der Waals surface area contributed by atoms with Crippen molar-refractivity contribution in [2.75, 3.05) is 0 Å². The third-order valence-corrected chi connectivity index (χ3v) is 4.16. The summed E-state index contributed by atoms with van der Waals surface area (Å²) in [4.78, 5) is 5.79. The maximum absolute atomic E-state index is 5.93. The number of aryl methyl sites for hydroxylation is 1. The molecule has 2 nitrogen and oxygen atoms in total. The summed E-state index contributed by atoms with van der Waals surface area (Å²) in [6.07, 6.45) is 1.90. The summed E-state index contributed by atoms with van der Waals surface area (Å²) in [6.45, 7) is 2.09. The standard InChI is InChI=1S/C22H19NOS/c1-18-9-8-14-21(17-18)25-16-15-22(23-19-10-4-2-5-11-19)24-20-12-6-3-7-13-20/h2-17H,1H3. The molecule has 25 heavy (non-hydrogen) atoms. The Morgan fingerprint density at radius 1 is 0.880 bits per heavy atom. The predicted octanol–water partition coefficient (Wildman–Crippen LogP) is 6.41. The number of hydrogen-bond acceptors (Lipinski definition) is 3. The fourth-order valence-electron chi connectivity index (χ4n) is 2.19. The second-order valence-electron chi connectivity index (χ2n) is 5.44. The smallest absolute Gasteiger partial charge is 0.220 e. The first-order chi connectivity index (χ1) is 12.3. The minimum absolute atomic E-state index is 0.553. The molecule has 0 aliphatic carbocycles. The van der Waals surface area contributed by atoms with Crippen molar-refractivity contribution >= 4 is 23.3 Å². The normalized spacial score (nSPS) is 11.6. The zero-order valence-corrected chi connectivity index (χ0v) is 14.8. The highest BCUT2D eigenvalue weighted by Crippen LogP contribution is 2.21. The van der Waals surface area contributed by atoms with E-state index in [1.165, 1.54) is 10.5 Å². The third-order valence-electron chi connectivity index (χ3n) is 3.37. The molecule has 3 aromatic rings. The second-order valence-corrected chi connectivity index (χ2v) is 6.42. The van der Waals surface area contributed by atoms with E-state index in [1.807, 2.05) is 72.1 Å². The molecule has 3 rings (SSSR count). The molecule has 0 amide bonds. The molecule has 0 fully saturated rings.